The second-order valence-corrected chi connectivity index (χ2v) is 7.94. The number of nitrogens with zero attached hydrogens (tertiary/aromatic N) is 4. The van der Waals surface area contributed by atoms with Crippen LogP contribution in [-0.4, -0.2) is 49.1 Å². The number of aromatic nitrogens is 2. The first-order valence-electron chi connectivity index (χ1n) is 9.98. The summed E-state index contributed by atoms with van der Waals surface area (Å²) in [4.78, 5) is 11.1. The molecule has 0 amide bonds. The smallest absolute Gasteiger partial charge is 0.217 e. The van der Waals surface area contributed by atoms with Crippen molar-refractivity contribution in [3.8, 4) is 5.88 Å². The maximum absolute atomic E-state index is 5.94. The van der Waals surface area contributed by atoms with Gasteiger partial charge in [0.25, 0.3) is 0 Å². The van der Waals surface area contributed by atoms with E-state index < -0.39 is 0 Å². The van der Waals surface area contributed by atoms with Crippen LogP contribution in [0.2, 0.25) is 0 Å². The number of thiazole rings is 1. The quantitative estimate of drug-likeness (QED) is 0.439. The molecule has 0 atom stereocenters. The molecule has 1 aliphatic rings. The summed E-state index contributed by atoms with van der Waals surface area (Å²) in [5.74, 6) is 1.22. The molecule has 0 bridgehead atoms. The predicted molar refractivity (Wildman–Crippen MR) is 121 cm³/mol. The van der Waals surface area contributed by atoms with Crippen molar-refractivity contribution in [2.24, 2.45) is 5.10 Å². The third-order valence-corrected chi connectivity index (χ3v) is 5.49. The Labute approximate surface area is 180 Å². The molecule has 1 aromatic carbocycles. The molecule has 156 valence electrons. The number of anilines is 2. The number of rotatable bonds is 8. The normalized spacial score (nSPS) is 14.2. The largest absolute Gasteiger partial charge is 0.477 e. The van der Waals surface area contributed by atoms with Crippen molar-refractivity contribution >= 4 is 29.1 Å². The molecule has 8 heteroatoms. The average molecular weight is 424 g/mol. The number of aryl methyl sites for hydroxylation is 1. The van der Waals surface area contributed by atoms with Crippen molar-refractivity contribution in [1.82, 2.24) is 9.97 Å². The number of benzene rings is 1. The average Bonchev–Trinajstić information content (AvgIpc) is 3.28. The van der Waals surface area contributed by atoms with E-state index in [-0.39, 0.29) is 0 Å². The number of morpholine rings is 1. The summed E-state index contributed by atoms with van der Waals surface area (Å²) >= 11 is 1.63. The molecular weight excluding hydrogens is 398 g/mol. The lowest BCUT2D eigenvalue weighted by atomic mass is 10.2. The van der Waals surface area contributed by atoms with E-state index in [4.69, 9.17) is 9.47 Å². The second kappa shape index (κ2) is 10.2. The molecule has 0 saturated carbocycles. The van der Waals surface area contributed by atoms with Crippen molar-refractivity contribution in [3.05, 3.63) is 64.1 Å². The molecule has 0 aliphatic carbocycles. The maximum Gasteiger partial charge on any atom is 0.217 e. The zero-order chi connectivity index (χ0) is 20.6. The first kappa shape index (κ1) is 20.3. The highest BCUT2D eigenvalue weighted by Gasteiger charge is 2.14. The van der Waals surface area contributed by atoms with Gasteiger partial charge in [0.2, 0.25) is 5.88 Å². The Morgan fingerprint density at radius 1 is 1.27 bits per heavy atom. The van der Waals surface area contributed by atoms with Gasteiger partial charge in [-0.2, -0.15) is 10.1 Å². The Morgan fingerprint density at radius 2 is 2.17 bits per heavy atom. The van der Waals surface area contributed by atoms with Crippen LogP contribution in [0, 0.1) is 6.92 Å². The topological polar surface area (TPSA) is 71.9 Å². The highest BCUT2D eigenvalue weighted by molar-refractivity contribution is 7.09. The van der Waals surface area contributed by atoms with Gasteiger partial charge in [-0.3, -0.25) is 5.43 Å². The van der Waals surface area contributed by atoms with Crippen LogP contribution in [0.1, 0.15) is 16.1 Å². The van der Waals surface area contributed by atoms with Gasteiger partial charge in [0, 0.05) is 48.9 Å². The van der Waals surface area contributed by atoms with Crippen molar-refractivity contribution in [3.63, 3.8) is 0 Å². The van der Waals surface area contributed by atoms with Gasteiger partial charge < -0.3 is 14.4 Å². The number of hydrogen-bond acceptors (Lipinski definition) is 8. The van der Waals surface area contributed by atoms with E-state index in [1.807, 2.05) is 35.8 Å². The molecule has 7 nitrogen and oxygen atoms in total. The van der Waals surface area contributed by atoms with E-state index in [1.165, 1.54) is 5.56 Å². The third-order valence-electron chi connectivity index (χ3n) is 4.65. The Morgan fingerprint density at radius 3 is 2.97 bits per heavy atom. The third kappa shape index (κ3) is 5.77. The molecule has 1 fully saturated rings. The molecule has 1 N–H and O–H groups in total. The molecule has 2 aromatic heterocycles. The van der Waals surface area contributed by atoms with Crippen LogP contribution in [0.25, 0.3) is 0 Å². The lowest BCUT2D eigenvalue weighted by Crippen LogP contribution is -2.36. The minimum atomic E-state index is 0.527. The van der Waals surface area contributed by atoms with Crippen molar-refractivity contribution in [1.29, 1.82) is 0 Å². The number of ether oxygens (including phenoxy) is 2. The van der Waals surface area contributed by atoms with Gasteiger partial charge >= 0.3 is 0 Å². The summed E-state index contributed by atoms with van der Waals surface area (Å²) in [7, 11) is 0. The SMILES string of the molecule is Cc1cccc(/C=N/Nc2cc(N3CCOCC3)cc(OCCc3nccs3)n2)c1. The number of hydrazone groups is 1. The minimum Gasteiger partial charge on any atom is -0.477 e. The molecule has 30 heavy (non-hydrogen) atoms. The highest BCUT2D eigenvalue weighted by Crippen LogP contribution is 2.25. The number of nitrogens with one attached hydrogen (secondary N) is 1. The second-order valence-electron chi connectivity index (χ2n) is 6.96. The fraction of sp³-hybridized carbons (Fsp3) is 0.318. The fourth-order valence-corrected chi connectivity index (χ4v) is 3.77. The zero-order valence-corrected chi connectivity index (χ0v) is 17.8. The van der Waals surface area contributed by atoms with Gasteiger partial charge in [-0.15, -0.1) is 11.3 Å². The van der Waals surface area contributed by atoms with Crippen LogP contribution in [0.4, 0.5) is 11.5 Å². The first-order valence-corrected chi connectivity index (χ1v) is 10.9. The van der Waals surface area contributed by atoms with E-state index in [0.29, 0.717) is 18.3 Å². The van der Waals surface area contributed by atoms with E-state index in [2.05, 4.69) is 44.5 Å². The van der Waals surface area contributed by atoms with Crippen LogP contribution in [0.3, 0.4) is 0 Å². The number of pyridine rings is 1. The Bertz CT molecular complexity index is 971. The first-order chi connectivity index (χ1) is 14.8. The van der Waals surface area contributed by atoms with Crippen LogP contribution < -0.4 is 15.1 Å². The van der Waals surface area contributed by atoms with E-state index >= 15 is 0 Å². The van der Waals surface area contributed by atoms with E-state index in [9.17, 15) is 0 Å². The van der Waals surface area contributed by atoms with Gasteiger partial charge in [-0.1, -0.05) is 29.8 Å². The molecule has 0 unspecified atom stereocenters. The summed E-state index contributed by atoms with van der Waals surface area (Å²) in [5.41, 5.74) is 6.32. The summed E-state index contributed by atoms with van der Waals surface area (Å²) in [6, 6.07) is 12.1. The Hall–Kier alpha value is -2.97. The van der Waals surface area contributed by atoms with Gasteiger partial charge in [-0.05, 0) is 12.5 Å². The Kier molecular flexibility index (Phi) is 6.89. The molecule has 1 saturated heterocycles. The fourth-order valence-electron chi connectivity index (χ4n) is 3.17. The summed E-state index contributed by atoms with van der Waals surface area (Å²) in [6.07, 6.45) is 4.36. The molecular formula is C22H25N5O2S. The van der Waals surface area contributed by atoms with Crippen LogP contribution in [0.15, 0.2) is 53.1 Å². The lowest BCUT2D eigenvalue weighted by molar-refractivity contribution is 0.122. The molecule has 3 heterocycles. The van der Waals surface area contributed by atoms with E-state index in [1.54, 1.807) is 17.6 Å². The Balaban J connectivity index is 1.47. The van der Waals surface area contributed by atoms with Crippen molar-refractivity contribution < 1.29 is 9.47 Å². The molecule has 3 aromatic rings. The lowest BCUT2D eigenvalue weighted by Gasteiger charge is -2.29. The summed E-state index contributed by atoms with van der Waals surface area (Å²) in [6.45, 7) is 5.71. The number of hydrogen-bond donors (Lipinski definition) is 1. The van der Waals surface area contributed by atoms with Gasteiger partial charge in [0.1, 0.15) is 0 Å². The minimum absolute atomic E-state index is 0.527. The zero-order valence-electron chi connectivity index (χ0n) is 17.0. The van der Waals surface area contributed by atoms with Crippen molar-refractivity contribution in [2.75, 3.05) is 43.2 Å². The van der Waals surface area contributed by atoms with E-state index in [0.717, 1.165) is 49.0 Å². The molecule has 1 aliphatic heterocycles. The van der Waals surface area contributed by atoms with Gasteiger partial charge in [0.15, 0.2) is 5.82 Å². The standard InChI is InChI=1S/C22H25N5O2S/c1-17-3-2-4-18(13-17)16-24-26-20-14-19(27-7-10-28-11-8-27)15-21(25-20)29-9-5-22-23-6-12-30-22/h2-4,6,12-16H,5,7-11H2,1H3,(H,25,26)/b24-16+. The highest BCUT2D eigenvalue weighted by atomic mass is 32.1. The van der Waals surface area contributed by atoms with Crippen LogP contribution >= 0.6 is 11.3 Å². The molecule has 0 radical (unpaired) electrons. The summed E-state index contributed by atoms with van der Waals surface area (Å²) in [5, 5.41) is 7.39. The van der Waals surface area contributed by atoms with Crippen molar-refractivity contribution in [2.45, 2.75) is 13.3 Å². The summed E-state index contributed by atoms with van der Waals surface area (Å²) < 4.78 is 11.4. The van der Waals surface area contributed by atoms with Crippen LogP contribution in [-0.2, 0) is 11.2 Å². The predicted octanol–water partition coefficient (Wildman–Crippen LogP) is 3.75. The van der Waals surface area contributed by atoms with Gasteiger partial charge in [-0.25, -0.2) is 4.98 Å². The monoisotopic (exact) mass is 423 g/mol. The molecule has 0 spiro atoms. The van der Waals surface area contributed by atoms with Crippen LogP contribution in [0.5, 0.6) is 5.88 Å². The maximum atomic E-state index is 5.94. The van der Waals surface area contributed by atoms with Gasteiger partial charge in [0.05, 0.1) is 31.0 Å². The molecule has 4 rings (SSSR count).